The third-order valence-electron chi connectivity index (χ3n) is 7.98. The van der Waals surface area contributed by atoms with Crippen LogP contribution in [-0.2, 0) is 9.53 Å². The van der Waals surface area contributed by atoms with Crippen molar-refractivity contribution in [1.29, 1.82) is 5.26 Å². The standard InChI is InChI=1S/C27H30F3N5O3/c1-24(2,3)38-23(37)34-11-8-18(9-12-34)33-22(36)25-14-26(25,27(28,29)30)16-35(15-25)20-7-6-17(13-31)21-19(20)5-4-10-32-21/h4-7,10,18H,8-9,11-12,14-16H2,1-3H3,(H,33,36). The van der Waals surface area contributed by atoms with Gasteiger partial charge in [0, 0.05) is 49.5 Å². The molecule has 38 heavy (non-hydrogen) atoms. The minimum atomic E-state index is -4.56. The molecule has 2 atom stereocenters. The van der Waals surface area contributed by atoms with Crippen molar-refractivity contribution in [3.05, 3.63) is 36.0 Å². The van der Waals surface area contributed by atoms with Crippen LogP contribution in [0.15, 0.2) is 30.5 Å². The number of hydrogen-bond donors (Lipinski definition) is 1. The fourth-order valence-electron chi connectivity index (χ4n) is 5.97. The van der Waals surface area contributed by atoms with Gasteiger partial charge in [0.1, 0.15) is 17.1 Å². The molecular weight excluding hydrogens is 499 g/mol. The minimum absolute atomic E-state index is 0.0784. The lowest BCUT2D eigenvalue weighted by Crippen LogP contribution is -2.50. The zero-order valence-corrected chi connectivity index (χ0v) is 21.6. The Balaban J connectivity index is 1.33. The van der Waals surface area contributed by atoms with Crippen molar-refractivity contribution in [2.75, 3.05) is 31.1 Å². The number of anilines is 1. The van der Waals surface area contributed by atoms with E-state index in [4.69, 9.17) is 4.74 Å². The lowest BCUT2D eigenvalue weighted by molar-refractivity contribution is -0.191. The number of carbonyl (C=O) groups excluding carboxylic acids is 2. The number of carbonyl (C=O) groups is 2. The summed E-state index contributed by atoms with van der Waals surface area (Å²) in [5, 5.41) is 12.9. The van der Waals surface area contributed by atoms with Gasteiger partial charge >= 0.3 is 12.3 Å². The largest absolute Gasteiger partial charge is 0.444 e. The van der Waals surface area contributed by atoms with Crippen LogP contribution in [-0.4, -0.2) is 65.9 Å². The molecule has 5 rings (SSSR count). The average molecular weight is 530 g/mol. The summed E-state index contributed by atoms with van der Waals surface area (Å²) in [6.45, 7) is 5.63. The number of likely N-dealkylation sites (tertiary alicyclic amines) is 1. The van der Waals surface area contributed by atoms with Gasteiger partial charge in [0.25, 0.3) is 0 Å². The van der Waals surface area contributed by atoms with Gasteiger partial charge in [0.15, 0.2) is 0 Å². The molecule has 2 amide bonds. The minimum Gasteiger partial charge on any atom is -0.444 e. The number of hydrogen-bond acceptors (Lipinski definition) is 6. The molecule has 202 valence electrons. The number of rotatable bonds is 3. The number of halogens is 3. The number of nitriles is 1. The number of aromatic nitrogens is 1. The maximum absolute atomic E-state index is 14.4. The summed E-state index contributed by atoms with van der Waals surface area (Å²) >= 11 is 0. The monoisotopic (exact) mass is 529 g/mol. The van der Waals surface area contributed by atoms with Crippen LogP contribution in [0.3, 0.4) is 0 Å². The molecule has 8 nitrogen and oxygen atoms in total. The van der Waals surface area contributed by atoms with Crippen LogP contribution in [0.5, 0.6) is 0 Å². The molecule has 1 aliphatic carbocycles. The molecule has 0 radical (unpaired) electrons. The summed E-state index contributed by atoms with van der Waals surface area (Å²) < 4.78 is 48.7. The molecule has 1 saturated carbocycles. The van der Waals surface area contributed by atoms with Crippen LogP contribution < -0.4 is 10.2 Å². The molecule has 3 aliphatic rings. The van der Waals surface area contributed by atoms with Crippen LogP contribution in [0.4, 0.5) is 23.7 Å². The predicted molar refractivity (Wildman–Crippen MR) is 133 cm³/mol. The van der Waals surface area contributed by atoms with Crippen LogP contribution in [0.25, 0.3) is 10.9 Å². The summed E-state index contributed by atoms with van der Waals surface area (Å²) in [5.41, 5.74) is -3.06. The zero-order valence-electron chi connectivity index (χ0n) is 21.6. The first-order valence-electron chi connectivity index (χ1n) is 12.7. The van der Waals surface area contributed by atoms with E-state index < -0.39 is 34.6 Å². The van der Waals surface area contributed by atoms with Gasteiger partial charge in [0.05, 0.1) is 16.5 Å². The number of fused-ring (bicyclic) bond motifs is 2. The van der Waals surface area contributed by atoms with Gasteiger partial charge in [-0.3, -0.25) is 9.78 Å². The molecule has 1 N–H and O–H groups in total. The van der Waals surface area contributed by atoms with E-state index in [0.717, 1.165) is 0 Å². The first-order valence-corrected chi connectivity index (χ1v) is 12.7. The first-order chi connectivity index (χ1) is 17.8. The fraction of sp³-hybridized carbons (Fsp3) is 0.556. The normalized spacial score (nSPS) is 25.6. The van der Waals surface area contributed by atoms with Crippen LogP contribution in [0.1, 0.15) is 45.6 Å². The van der Waals surface area contributed by atoms with Gasteiger partial charge in [0.2, 0.25) is 5.91 Å². The lowest BCUT2D eigenvalue weighted by atomic mass is 9.93. The molecule has 2 aromatic rings. The Kier molecular flexibility index (Phi) is 6.00. The second-order valence-corrected chi connectivity index (χ2v) is 11.6. The number of nitrogens with zero attached hydrogens (tertiary/aromatic N) is 4. The number of ether oxygens (including phenoxy) is 1. The highest BCUT2D eigenvalue weighted by molar-refractivity contribution is 5.97. The first kappa shape index (κ1) is 26.1. The van der Waals surface area contributed by atoms with Gasteiger partial charge in [-0.2, -0.15) is 18.4 Å². The third-order valence-corrected chi connectivity index (χ3v) is 7.98. The van der Waals surface area contributed by atoms with E-state index in [0.29, 0.717) is 48.1 Å². The molecule has 1 aromatic carbocycles. The Labute approximate surface area is 218 Å². The zero-order chi connectivity index (χ0) is 27.5. The Morgan fingerprint density at radius 3 is 2.50 bits per heavy atom. The number of benzene rings is 1. The van der Waals surface area contributed by atoms with Crippen molar-refractivity contribution < 1.29 is 27.5 Å². The Bertz CT molecular complexity index is 1330. The maximum Gasteiger partial charge on any atom is 0.410 e. The van der Waals surface area contributed by atoms with Crippen molar-refractivity contribution in [2.24, 2.45) is 10.8 Å². The molecule has 11 heteroatoms. The van der Waals surface area contributed by atoms with E-state index in [1.165, 1.54) is 6.20 Å². The quantitative estimate of drug-likeness (QED) is 0.634. The number of alkyl halides is 3. The van der Waals surface area contributed by atoms with E-state index in [2.05, 4.69) is 16.4 Å². The maximum atomic E-state index is 14.4. The molecule has 3 fully saturated rings. The van der Waals surface area contributed by atoms with Gasteiger partial charge in [-0.05, 0) is 64.3 Å². The van der Waals surface area contributed by atoms with Crippen molar-refractivity contribution in [2.45, 2.75) is 57.9 Å². The van der Waals surface area contributed by atoms with E-state index >= 15 is 0 Å². The number of pyridine rings is 1. The van der Waals surface area contributed by atoms with Gasteiger partial charge in [-0.15, -0.1) is 0 Å². The Morgan fingerprint density at radius 2 is 1.87 bits per heavy atom. The molecule has 2 saturated heterocycles. The van der Waals surface area contributed by atoms with Gasteiger partial charge in [-0.1, -0.05) is 0 Å². The van der Waals surface area contributed by atoms with Crippen molar-refractivity contribution in [3.63, 3.8) is 0 Å². The Hall–Kier alpha value is -3.55. The highest BCUT2D eigenvalue weighted by atomic mass is 19.4. The second-order valence-electron chi connectivity index (χ2n) is 11.6. The Morgan fingerprint density at radius 1 is 1.16 bits per heavy atom. The fourth-order valence-corrected chi connectivity index (χ4v) is 5.97. The third kappa shape index (κ3) is 4.20. The molecule has 2 unspecified atom stereocenters. The summed E-state index contributed by atoms with van der Waals surface area (Å²) in [7, 11) is 0. The molecule has 2 aliphatic heterocycles. The molecular formula is C27H30F3N5O3. The molecule has 0 bridgehead atoms. The average Bonchev–Trinajstić information content (AvgIpc) is 3.40. The van der Waals surface area contributed by atoms with E-state index in [1.807, 2.05) is 0 Å². The van der Waals surface area contributed by atoms with Gasteiger partial charge in [-0.25, -0.2) is 4.79 Å². The van der Waals surface area contributed by atoms with Crippen LogP contribution >= 0.6 is 0 Å². The predicted octanol–water partition coefficient (Wildman–Crippen LogP) is 4.38. The van der Waals surface area contributed by atoms with Crippen LogP contribution in [0, 0.1) is 22.2 Å². The van der Waals surface area contributed by atoms with Crippen LogP contribution in [0.2, 0.25) is 0 Å². The number of nitrogens with one attached hydrogen (secondary N) is 1. The van der Waals surface area contributed by atoms with Crippen molar-refractivity contribution >= 4 is 28.6 Å². The van der Waals surface area contributed by atoms with Crippen molar-refractivity contribution in [1.82, 2.24) is 15.2 Å². The lowest BCUT2D eigenvalue weighted by Gasteiger charge is -2.34. The summed E-state index contributed by atoms with van der Waals surface area (Å²) in [6.07, 6.45) is -2.83. The molecule has 3 heterocycles. The van der Waals surface area contributed by atoms with E-state index in [1.54, 1.807) is 54.8 Å². The highest BCUT2D eigenvalue weighted by Gasteiger charge is 2.86. The SMILES string of the molecule is CC(C)(C)OC(=O)N1CCC(NC(=O)C23CN(c4ccc(C#N)c5ncccc45)CC2(C(F)(F)F)C3)CC1. The topological polar surface area (TPSA) is 98.6 Å². The summed E-state index contributed by atoms with van der Waals surface area (Å²) in [4.78, 5) is 33.2. The summed E-state index contributed by atoms with van der Waals surface area (Å²) in [6, 6.07) is 8.34. The second kappa shape index (κ2) is 8.75. The smallest absolute Gasteiger partial charge is 0.410 e. The number of piperidine rings is 2. The highest BCUT2D eigenvalue weighted by Crippen LogP contribution is 2.75. The molecule has 0 spiro atoms. The molecule has 1 aromatic heterocycles. The van der Waals surface area contributed by atoms with Gasteiger partial charge < -0.3 is 19.9 Å². The summed E-state index contributed by atoms with van der Waals surface area (Å²) in [5.74, 6) is -0.593. The van der Waals surface area contributed by atoms with E-state index in [-0.39, 0.29) is 25.6 Å². The van der Waals surface area contributed by atoms with Crippen molar-refractivity contribution in [3.8, 4) is 6.07 Å². The number of amides is 2. The van der Waals surface area contributed by atoms with E-state index in [9.17, 15) is 28.0 Å².